The van der Waals surface area contributed by atoms with Gasteiger partial charge in [-0.2, -0.15) is 0 Å². The second-order valence-electron chi connectivity index (χ2n) is 6.39. The van der Waals surface area contributed by atoms with Gasteiger partial charge in [-0.1, -0.05) is 17.8 Å². The van der Waals surface area contributed by atoms with Gasteiger partial charge in [0.2, 0.25) is 0 Å². The minimum atomic E-state index is -0.339. The van der Waals surface area contributed by atoms with Crippen molar-refractivity contribution in [2.75, 3.05) is 0 Å². The summed E-state index contributed by atoms with van der Waals surface area (Å²) in [6.45, 7) is 1.86. The van der Waals surface area contributed by atoms with E-state index in [1.807, 2.05) is 13.0 Å². The number of rotatable bonds is 7. The fourth-order valence-corrected chi connectivity index (χ4v) is 4.55. The largest absolute Gasteiger partial charge is 0.303 e. The first-order valence-electron chi connectivity index (χ1n) is 8.54. The second-order valence-corrected chi connectivity index (χ2v) is 8.73. The van der Waals surface area contributed by atoms with Crippen molar-refractivity contribution in [2.24, 2.45) is 0 Å². The van der Waals surface area contributed by atoms with E-state index in [0.717, 1.165) is 30.2 Å². The van der Waals surface area contributed by atoms with Crippen LogP contribution in [0.5, 0.6) is 0 Å². The Balaban J connectivity index is 1.53. The molecule has 1 aliphatic rings. The first-order chi connectivity index (χ1) is 12.6. The van der Waals surface area contributed by atoms with Crippen molar-refractivity contribution in [2.45, 2.75) is 42.6 Å². The number of carbonyl (C=O) groups is 1. The molecule has 134 valence electrons. The molecule has 0 saturated heterocycles. The summed E-state index contributed by atoms with van der Waals surface area (Å²) in [4.78, 5) is 13.9. The van der Waals surface area contributed by atoms with Crippen LogP contribution in [0.1, 0.15) is 46.9 Å². The Kier molecular flexibility index (Phi) is 4.91. The highest BCUT2D eigenvalue weighted by Gasteiger charge is 2.31. The zero-order valence-corrected chi connectivity index (χ0v) is 15.9. The number of Topliss-reactive ketones (excluding diaryl/α,β-unsaturated/α-hetero) is 1. The van der Waals surface area contributed by atoms with Gasteiger partial charge in [-0.3, -0.25) is 4.79 Å². The minimum Gasteiger partial charge on any atom is -0.303 e. The van der Waals surface area contributed by atoms with Gasteiger partial charge in [-0.05, 0) is 55.5 Å². The molecule has 7 heteroatoms. The van der Waals surface area contributed by atoms with E-state index in [1.165, 1.54) is 40.9 Å². The highest BCUT2D eigenvalue weighted by atomic mass is 32.2. The molecular weight excluding hydrogens is 369 g/mol. The molecule has 4 rings (SSSR count). The van der Waals surface area contributed by atoms with E-state index in [0.29, 0.717) is 11.6 Å². The van der Waals surface area contributed by atoms with Crippen LogP contribution in [-0.4, -0.2) is 25.8 Å². The summed E-state index contributed by atoms with van der Waals surface area (Å²) in [7, 11) is 0. The van der Waals surface area contributed by atoms with E-state index in [9.17, 15) is 9.18 Å². The number of ketones is 1. The molecule has 0 bridgehead atoms. The third-order valence-corrected chi connectivity index (χ3v) is 6.27. The third kappa shape index (κ3) is 3.73. The molecule has 0 N–H and O–H groups in total. The Morgan fingerprint density at radius 2 is 2.08 bits per heavy atom. The Morgan fingerprint density at radius 1 is 1.31 bits per heavy atom. The topological polar surface area (TPSA) is 47.8 Å². The van der Waals surface area contributed by atoms with E-state index in [4.69, 9.17) is 0 Å². The Morgan fingerprint density at radius 3 is 2.73 bits per heavy atom. The van der Waals surface area contributed by atoms with Crippen molar-refractivity contribution in [1.29, 1.82) is 0 Å². The summed E-state index contributed by atoms with van der Waals surface area (Å²) in [5.41, 5.74) is 0.516. The smallest absolute Gasteiger partial charge is 0.192 e. The maximum Gasteiger partial charge on any atom is 0.192 e. The van der Waals surface area contributed by atoms with Crippen molar-refractivity contribution in [3.8, 4) is 0 Å². The lowest BCUT2D eigenvalue weighted by molar-refractivity contribution is 0.0994. The van der Waals surface area contributed by atoms with E-state index in [-0.39, 0.29) is 16.9 Å². The van der Waals surface area contributed by atoms with Crippen LogP contribution in [0.4, 0.5) is 4.39 Å². The van der Waals surface area contributed by atoms with E-state index < -0.39 is 0 Å². The van der Waals surface area contributed by atoms with Crippen molar-refractivity contribution in [3.05, 3.63) is 63.9 Å². The number of thioether (sulfide) groups is 1. The van der Waals surface area contributed by atoms with Gasteiger partial charge in [0.25, 0.3) is 0 Å². The molecule has 1 unspecified atom stereocenters. The monoisotopic (exact) mass is 387 g/mol. The maximum atomic E-state index is 13.1. The standard InChI is InChI=1S/C19H18FN3OS2/c1-12(18(24)13-4-6-14(20)7-5-13)26-19-22-21-17(23(19)15-8-9-15)11-16-3-2-10-25-16/h2-7,10,12,15H,8-9,11H2,1H3. The lowest BCUT2D eigenvalue weighted by Crippen LogP contribution is -2.15. The molecule has 1 aromatic carbocycles. The quantitative estimate of drug-likeness (QED) is 0.433. The number of hydrogen-bond acceptors (Lipinski definition) is 5. The summed E-state index contributed by atoms with van der Waals surface area (Å²) in [5, 5.41) is 11.3. The van der Waals surface area contributed by atoms with Gasteiger partial charge in [-0.25, -0.2) is 4.39 Å². The van der Waals surface area contributed by atoms with Crippen LogP contribution >= 0.6 is 23.1 Å². The third-order valence-electron chi connectivity index (χ3n) is 4.34. The van der Waals surface area contributed by atoms with Crippen LogP contribution in [0, 0.1) is 5.82 Å². The number of benzene rings is 1. The Bertz CT molecular complexity index is 902. The number of hydrogen-bond donors (Lipinski definition) is 0. The minimum absolute atomic E-state index is 0.0276. The average molecular weight is 388 g/mol. The summed E-state index contributed by atoms with van der Waals surface area (Å²) in [6, 6.07) is 10.3. The van der Waals surface area contributed by atoms with Crippen LogP contribution in [0.25, 0.3) is 0 Å². The highest BCUT2D eigenvalue weighted by Crippen LogP contribution is 2.40. The number of carbonyl (C=O) groups excluding carboxylic acids is 1. The van der Waals surface area contributed by atoms with Gasteiger partial charge in [0.05, 0.1) is 5.25 Å². The van der Waals surface area contributed by atoms with Crippen molar-refractivity contribution >= 4 is 28.9 Å². The summed E-state index contributed by atoms with van der Waals surface area (Å²) >= 11 is 3.14. The van der Waals surface area contributed by atoms with Gasteiger partial charge in [0.1, 0.15) is 11.6 Å². The van der Waals surface area contributed by atoms with Crippen LogP contribution in [0.2, 0.25) is 0 Å². The van der Waals surface area contributed by atoms with Crippen LogP contribution < -0.4 is 0 Å². The first-order valence-corrected chi connectivity index (χ1v) is 10.3. The van der Waals surface area contributed by atoms with Crippen molar-refractivity contribution < 1.29 is 9.18 Å². The van der Waals surface area contributed by atoms with Gasteiger partial charge in [0.15, 0.2) is 10.9 Å². The number of halogens is 1. The molecule has 1 atom stereocenters. The molecule has 3 aromatic rings. The summed E-state index contributed by atoms with van der Waals surface area (Å²) < 4.78 is 15.3. The fraction of sp³-hybridized carbons (Fsp3) is 0.316. The molecule has 1 aliphatic carbocycles. The highest BCUT2D eigenvalue weighted by molar-refractivity contribution is 8.00. The maximum absolute atomic E-state index is 13.1. The Labute approximate surface area is 159 Å². The normalized spacial score (nSPS) is 15.2. The van der Waals surface area contributed by atoms with Crippen LogP contribution in [-0.2, 0) is 6.42 Å². The van der Waals surface area contributed by atoms with E-state index in [2.05, 4.69) is 26.2 Å². The molecule has 2 heterocycles. The van der Waals surface area contributed by atoms with Gasteiger partial charge < -0.3 is 4.57 Å². The van der Waals surface area contributed by atoms with Crippen molar-refractivity contribution in [1.82, 2.24) is 14.8 Å². The molecule has 4 nitrogen and oxygen atoms in total. The molecule has 0 aliphatic heterocycles. The summed E-state index contributed by atoms with van der Waals surface area (Å²) in [5.74, 6) is 0.590. The average Bonchev–Trinajstić information content (AvgIpc) is 3.20. The predicted octanol–water partition coefficient (Wildman–Crippen LogP) is 4.77. The lowest BCUT2D eigenvalue weighted by atomic mass is 10.1. The van der Waals surface area contributed by atoms with Crippen molar-refractivity contribution in [3.63, 3.8) is 0 Å². The Hall–Kier alpha value is -1.99. The lowest BCUT2D eigenvalue weighted by Gasteiger charge is -2.12. The first kappa shape index (κ1) is 17.4. The molecule has 0 spiro atoms. The van der Waals surface area contributed by atoms with E-state index in [1.54, 1.807) is 11.3 Å². The zero-order chi connectivity index (χ0) is 18.1. The summed E-state index contributed by atoms with van der Waals surface area (Å²) in [6.07, 6.45) is 3.02. The van der Waals surface area contributed by atoms with Gasteiger partial charge in [-0.15, -0.1) is 21.5 Å². The second kappa shape index (κ2) is 7.32. The van der Waals surface area contributed by atoms with Crippen LogP contribution in [0.15, 0.2) is 46.9 Å². The molecule has 0 amide bonds. The fourth-order valence-electron chi connectivity index (χ4n) is 2.84. The molecule has 0 radical (unpaired) electrons. The van der Waals surface area contributed by atoms with E-state index >= 15 is 0 Å². The molecule has 1 saturated carbocycles. The number of aromatic nitrogens is 3. The SMILES string of the molecule is CC(Sc1nnc(Cc2cccs2)n1C1CC1)C(=O)c1ccc(F)cc1. The number of thiophene rings is 1. The van der Waals surface area contributed by atoms with Gasteiger partial charge >= 0.3 is 0 Å². The zero-order valence-electron chi connectivity index (χ0n) is 14.3. The predicted molar refractivity (Wildman–Crippen MR) is 101 cm³/mol. The molecule has 2 aromatic heterocycles. The van der Waals surface area contributed by atoms with Gasteiger partial charge in [0, 0.05) is 22.9 Å². The molecule has 26 heavy (non-hydrogen) atoms. The molecular formula is C19H18FN3OS2. The molecule has 1 fully saturated rings. The number of nitrogens with zero attached hydrogens (tertiary/aromatic N) is 3. The van der Waals surface area contributed by atoms with Crippen LogP contribution in [0.3, 0.4) is 0 Å².